The number of alkyl halides is 3. The van der Waals surface area contributed by atoms with Gasteiger partial charge in [0.1, 0.15) is 0 Å². The lowest BCUT2D eigenvalue weighted by atomic mass is 9.98. The van der Waals surface area contributed by atoms with Gasteiger partial charge in [-0.1, -0.05) is 36.5 Å². The van der Waals surface area contributed by atoms with E-state index < -0.39 is 33.6 Å². The van der Waals surface area contributed by atoms with Gasteiger partial charge in [0, 0.05) is 41.3 Å². The number of sulfone groups is 1. The summed E-state index contributed by atoms with van der Waals surface area (Å²) in [5.41, 5.74) is -1.44. The second kappa shape index (κ2) is 12.8. The van der Waals surface area contributed by atoms with E-state index in [-0.39, 0.29) is 63.1 Å². The summed E-state index contributed by atoms with van der Waals surface area (Å²) in [5, 5.41) is 13.6. The molecule has 2 aromatic rings. The fraction of sp³-hybridized carbons (Fsp3) is 0.440. The third-order valence-electron chi connectivity index (χ3n) is 6.54. The Morgan fingerprint density at radius 1 is 1.13 bits per heavy atom. The van der Waals surface area contributed by atoms with Crippen molar-refractivity contribution in [3.8, 4) is 0 Å². The van der Waals surface area contributed by atoms with Crippen molar-refractivity contribution in [2.45, 2.75) is 56.4 Å². The number of halogens is 5. The van der Waals surface area contributed by atoms with Crippen molar-refractivity contribution in [2.75, 3.05) is 18.8 Å². The van der Waals surface area contributed by atoms with Crippen LogP contribution >= 0.6 is 23.2 Å². The molecule has 0 radical (unpaired) electrons. The Hall–Kier alpha value is -2.54. The Balaban J connectivity index is 1.87. The Bertz CT molecular complexity index is 1340. The van der Waals surface area contributed by atoms with Gasteiger partial charge in [-0.15, -0.1) is 0 Å². The number of carbonyl (C=O) groups excluding carboxylic acids is 1. The van der Waals surface area contributed by atoms with Gasteiger partial charge in [0.15, 0.2) is 9.84 Å². The molecule has 2 amide bonds. The fourth-order valence-electron chi connectivity index (χ4n) is 4.51. The van der Waals surface area contributed by atoms with Crippen LogP contribution in [0.15, 0.2) is 35.2 Å². The molecule has 0 bridgehead atoms. The highest BCUT2D eigenvalue weighted by atomic mass is 35.5. The molecule has 14 heteroatoms. The molecule has 1 fully saturated rings. The molecule has 0 spiro atoms. The average molecular weight is 610 g/mol. The minimum absolute atomic E-state index is 0.0347. The first-order valence-electron chi connectivity index (χ1n) is 12.1. The van der Waals surface area contributed by atoms with Gasteiger partial charge in [0.2, 0.25) is 0 Å². The van der Waals surface area contributed by atoms with Crippen molar-refractivity contribution in [1.29, 1.82) is 0 Å². The molecule has 0 aliphatic carbocycles. The third kappa shape index (κ3) is 8.00. The first-order chi connectivity index (χ1) is 18.2. The van der Waals surface area contributed by atoms with Crippen molar-refractivity contribution in [1.82, 2.24) is 15.5 Å². The van der Waals surface area contributed by atoms with Crippen molar-refractivity contribution < 1.29 is 36.3 Å². The maximum Gasteiger partial charge on any atom is 0.416 e. The summed E-state index contributed by atoms with van der Waals surface area (Å²) in [4.78, 5) is 25.5. The summed E-state index contributed by atoms with van der Waals surface area (Å²) in [6, 6.07) is 5.63. The van der Waals surface area contributed by atoms with E-state index in [4.69, 9.17) is 28.3 Å². The quantitative estimate of drug-likeness (QED) is 0.352. The molecule has 2 aromatic carbocycles. The molecule has 1 aliphatic heterocycles. The highest BCUT2D eigenvalue weighted by molar-refractivity contribution is 7.91. The number of rotatable bonds is 9. The SMILES string of the molecule is CCS(=O)(=O)c1ccc(Cl)cc1CNC(=O)c1cc(Cl)c(CN2CCCC[C@@H]2CNC(=O)O)c(C(F)(F)F)c1. The molecule has 0 aromatic heterocycles. The predicted molar refractivity (Wildman–Crippen MR) is 141 cm³/mol. The summed E-state index contributed by atoms with van der Waals surface area (Å²) >= 11 is 12.3. The van der Waals surface area contributed by atoms with Crippen molar-refractivity contribution in [3.05, 3.63) is 62.6 Å². The minimum Gasteiger partial charge on any atom is -0.465 e. The number of carboxylic acid groups (broad SMARTS) is 1. The van der Waals surface area contributed by atoms with Crippen LogP contribution in [-0.2, 0) is 29.1 Å². The topological polar surface area (TPSA) is 116 Å². The lowest BCUT2D eigenvalue weighted by Gasteiger charge is -2.36. The largest absolute Gasteiger partial charge is 0.465 e. The van der Waals surface area contributed by atoms with Crippen LogP contribution in [0.5, 0.6) is 0 Å². The zero-order valence-electron chi connectivity index (χ0n) is 20.9. The zero-order valence-corrected chi connectivity index (χ0v) is 23.3. The van der Waals surface area contributed by atoms with Gasteiger partial charge in [-0.05, 0) is 60.8 Å². The van der Waals surface area contributed by atoms with Crippen LogP contribution < -0.4 is 10.6 Å². The van der Waals surface area contributed by atoms with E-state index >= 15 is 0 Å². The van der Waals surface area contributed by atoms with E-state index in [0.29, 0.717) is 19.0 Å². The van der Waals surface area contributed by atoms with E-state index in [9.17, 15) is 31.2 Å². The van der Waals surface area contributed by atoms with Crippen molar-refractivity contribution in [2.24, 2.45) is 0 Å². The van der Waals surface area contributed by atoms with Crippen LogP contribution in [0.25, 0.3) is 0 Å². The first-order valence-corrected chi connectivity index (χ1v) is 14.5. The van der Waals surface area contributed by atoms with Crippen molar-refractivity contribution >= 4 is 45.0 Å². The number of nitrogens with one attached hydrogen (secondary N) is 2. The molecule has 8 nitrogen and oxygen atoms in total. The molecule has 39 heavy (non-hydrogen) atoms. The van der Waals surface area contributed by atoms with Crippen LogP contribution in [0.2, 0.25) is 10.0 Å². The monoisotopic (exact) mass is 609 g/mol. The van der Waals surface area contributed by atoms with Crippen LogP contribution in [-0.4, -0.2) is 55.3 Å². The maximum absolute atomic E-state index is 14.1. The molecule has 1 saturated heterocycles. The Morgan fingerprint density at radius 2 is 1.85 bits per heavy atom. The lowest BCUT2D eigenvalue weighted by molar-refractivity contribution is -0.138. The lowest BCUT2D eigenvalue weighted by Crippen LogP contribution is -2.46. The maximum atomic E-state index is 14.1. The van der Waals surface area contributed by atoms with E-state index in [0.717, 1.165) is 18.9 Å². The van der Waals surface area contributed by atoms with Crippen LogP contribution in [0.3, 0.4) is 0 Å². The Labute approximate surface area is 234 Å². The van der Waals surface area contributed by atoms with Gasteiger partial charge < -0.3 is 15.7 Å². The molecular weight excluding hydrogens is 582 g/mol. The molecular formula is C25H28Cl2F3N3O5S. The van der Waals surface area contributed by atoms with Crippen LogP contribution in [0.1, 0.15) is 53.2 Å². The molecule has 0 saturated carbocycles. The fourth-order valence-corrected chi connectivity index (χ4v) is 6.10. The Kier molecular flexibility index (Phi) is 10.1. The van der Waals surface area contributed by atoms with Gasteiger partial charge in [0.05, 0.1) is 16.2 Å². The second-order valence-corrected chi connectivity index (χ2v) is 12.2. The summed E-state index contributed by atoms with van der Waals surface area (Å²) in [5.74, 6) is -1.07. The van der Waals surface area contributed by atoms with E-state index in [1.165, 1.54) is 25.1 Å². The number of carbonyl (C=O) groups is 2. The van der Waals surface area contributed by atoms with Gasteiger partial charge in [0.25, 0.3) is 5.91 Å². The number of benzene rings is 2. The number of nitrogens with zero attached hydrogens (tertiary/aromatic N) is 1. The average Bonchev–Trinajstić information content (AvgIpc) is 2.86. The van der Waals surface area contributed by atoms with E-state index in [1.807, 2.05) is 0 Å². The smallest absolute Gasteiger partial charge is 0.416 e. The number of hydrogen-bond donors (Lipinski definition) is 3. The molecule has 1 atom stereocenters. The summed E-state index contributed by atoms with van der Waals surface area (Å²) < 4.78 is 67.2. The number of piperidine rings is 1. The molecule has 1 heterocycles. The van der Waals surface area contributed by atoms with Gasteiger partial charge in [-0.3, -0.25) is 9.69 Å². The summed E-state index contributed by atoms with van der Waals surface area (Å²) in [7, 11) is -3.65. The standard InChI is InChI=1S/C25H28Cl2F3N3O5S/c1-2-39(37,38)22-7-6-17(26)9-16(22)12-31-23(34)15-10-20(25(28,29)30)19(21(27)11-15)14-33-8-4-3-5-18(33)13-32-24(35)36/h6-7,9-11,18,32H,2-5,8,12-14H2,1H3,(H,31,34)(H,35,36)/t18-/m1/s1. The Morgan fingerprint density at radius 3 is 2.49 bits per heavy atom. The van der Waals surface area contributed by atoms with Crippen LogP contribution in [0, 0.1) is 0 Å². The van der Waals surface area contributed by atoms with Gasteiger partial charge >= 0.3 is 12.3 Å². The first kappa shape index (κ1) is 31.0. The summed E-state index contributed by atoms with van der Waals surface area (Å²) in [6.45, 7) is 1.52. The van der Waals surface area contributed by atoms with Gasteiger partial charge in [-0.2, -0.15) is 13.2 Å². The third-order valence-corrected chi connectivity index (χ3v) is 8.94. The normalized spacial score (nSPS) is 16.6. The molecule has 1 aliphatic rings. The second-order valence-electron chi connectivity index (χ2n) is 9.13. The van der Waals surface area contributed by atoms with E-state index in [2.05, 4.69) is 10.6 Å². The molecule has 3 rings (SSSR count). The number of likely N-dealkylation sites (tertiary alicyclic amines) is 1. The van der Waals surface area contributed by atoms with E-state index in [1.54, 1.807) is 4.90 Å². The van der Waals surface area contributed by atoms with Crippen LogP contribution in [0.4, 0.5) is 18.0 Å². The highest BCUT2D eigenvalue weighted by Crippen LogP contribution is 2.37. The molecule has 3 N–H and O–H groups in total. The molecule has 214 valence electrons. The molecule has 0 unspecified atom stereocenters. The highest BCUT2D eigenvalue weighted by Gasteiger charge is 2.37. The zero-order chi connectivity index (χ0) is 29.0. The number of hydrogen-bond acceptors (Lipinski definition) is 5. The number of amides is 2. The predicted octanol–water partition coefficient (Wildman–Crippen LogP) is 5.36. The minimum atomic E-state index is -4.82. The van der Waals surface area contributed by atoms with Gasteiger partial charge in [-0.25, -0.2) is 13.2 Å². The summed E-state index contributed by atoms with van der Waals surface area (Å²) in [6.07, 6.45) is -3.88. The van der Waals surface area contributed by atoms with Crippen molar-refractivity contribution in [3.63, 3.8) is 0 Å².